The number of benzene rings is 1. The van der Waals surface area contributed by atoms with Gasteiger partial charge in [0, 0.05) is 12.0 Å². The van der Waals surface area contributed by atoms with E-state index in [0.717, 1.165) is 18.9 Å². The van der Waals surface area contributed by atoms with Crippen molar-refractivity contribution >= 4 is 0 Å². The van der Waals surface area contributed by atoms with Crippen LogP contribution in [0, 0.1) is 11.6 Å². The van der Waals surface area contributed by atoms with Gasteiger partial charge in [-0.3, -0.25) is 0 Å². The molecule has 0 saturated heterocycles. The van der Waals surface area contributed by atoms with Crippen molar-refractivity contribution in [3.8, 4) is 0 Å². The lowest BCUT2D eigenvalue weighted by molar-refractivity contribution is 0.555. The molecule has 1 fully saturated rings. The van der Waals surface area contributed by atoms with Crippen LogP contribution < -0.4 is 5.73 Å². The zero-order valence-electron chi connectivity index (χ0n) is 7.19. The molecule has 1 saturated carbocycles. The number of hydrogen-bond donors (Lipinski definition) is 1. The Morgan fingerprint density at radius 3 is 2.54 bits per heavy atom. The van der Waals surface area contributed by atoms with Gasteiger partial charge >= 0.3 is 0 Å². The minimum absolute atomic E-state index is 0.272. The van der Waals surface area contributed by atoms with Crippen LogP contribution >= 0.6 is 0 Å². The monoisotopic (exact) mass is 183 g/mol. The average Bonchev–Trinajstić information content (AvgIpc) is 2.90. The van der Waals surface area contributed by atoms with Crippen LogP contribution in [-0.2, 0) is 5.41 Å². The van der Waals surface area contributed by atoms with Gasteiger partial charge in [0.25, 0.3) is 0 Å². The third-order valence-corrected chi connectivity index (χ3v) is 2.74. The van der Waals surface area contributed by atoms with Gasteiger partial charge in [0.2, 0.25) is 0 Å². The fourth-order valence-corrected chi connectivity index (χ4v) is 1.64. The topological polar surface area (TPSA) is 26.0 Å². The summed E-state index contributed by atoms with van der Waals surface area (Å²) >= 11 is 0. The van der Waals surface area contributed by atoms with Gasteiger partial charge in [-0.2, -0.15) is 0 Å². The summed E-state index contributed by atoms with van der Waals surface area (Å²) in [7, 11) is 0. The van der Waals surface area contributed by atoms with E-state index in [0.29, 0.717) is 12.1 Å². The van der Waals surface area contributed by atoms with Gasteiger partial charge < -0.3 is 5.73 Å². The molecule has 0 radical (unpaired) electrons. The van der Waals surface area contributed by atoms with Crippen LogP contribution in [-0.4, -0.2) is 6.54 Å². The van der Waals surface area contributed by atoms with Crippen molar-refractivity contribution in [1.82, 2.24) is 0 Å². The maximum absolute atomic E-state index is 13.3. The Morgan fingerprint density at radius 1 is 1.31 bits per heavy atom. The number of hydrogen-bond acceptors (Lipinski definition) is 1. The van der Waals surface area contributed by atoms with Crippen molar-refractivity contribution in [2.24, 2.45) is 5.73 Å². The van der Waals surface area contributed by atoms with E-state index in [-0.39, 0.29) is 11.2 Å². The first-order chi connectivity index (χ1) is 6.18. The Kier molecular flexibility index (Phi) is 1.84. The molecule has 0 heterocycles. The standard InChI is InChI=1S/C10H11F2N/c11-7-1-2-9(12)8(5-7)10(6-13)3-4-10/h1-2,5H,3-4,6,13H2. The van der Waals surface area contributed by atoms with E-state index in [1.54, 1.807) is 0 Å². The molecule has 0 bridgehead atoms. The van der Waals surface area contributed by atoms with Gasteiger partial charge in [-0.15, -0.1) is 0 Å². The van der Waals surface area contributed by atoms with Gasteiger partial charge in [-0.25, -0.2) is 8.78 Å². The lowest BCUT2D eigenvalue weighted by Crippen LogP contribution is -2.21. The molecule has 0 aliphatic heterocycles. The summed E-state index contributed by atoms with van der Waals surface area (Å²) in [6.45, 7) is 0.396. The highest BCUT2D eigenvalue weighted by Crippen LogP contribution is 2.48. The SMILES string of the molecule is NCC1(c2cc(F)ccc2F)CC1. The van der Waals surface area contributed by atoms with E-state index in [2.05, 4.69) is 0 Å². The van der Waals surface area contributed by atoms with Gasteiger partial charge in [0.1, 0.15) is 11.6 Å². The summed E-state index contributed by atoms with van der Waals surface area (Å²) < 4.78 is 26.1. The summed E-state index contributed by atoms with van der Waals surface area (Å²) in [5.41, 5.74) is 5.70. The lowest BCUT2D eigenvalue weighted by Gasteiger charge is -2.13. The van der Waals surface area contributed by atoms with Crippen LogP contribution in [0.25, 0.3) is 0 Å². The Hall–Kier alpha value is -0.960. The van der Waals surface area contributed by atoms with Crippen LogP contribution in [0.5, 0.6) is 0 Å². The molecule has 0 amide bonds. The Bertz CT molecular complexity index is 332. The van der Waals surface area contributed by atoms with Crippen LogP contribution in [0.15, 0.2) is 18.2 Å². The molecule has 1 aliphatic rings. The number of halogens is 2. The fourth-order valence-electron chi connectivity index (χ4n) is 1.64. The fraction of sp³-hybridized carbons (Fsp3) is 0.400. The van der Waals surface area contributed by atoms with Crippen LogP contribution in [0.4, 0.5) is 8.78 Å². The second kappa shape index (κ2) is 2.77. The Labute approximate surface area is 75.6 Å². The molecule has 2 rings (SSSR count). The molecule has 3 heteroatoms. The average molecular weight is 183 g/mol. The molecule has 2 N–H and O–H groups in total. The second-order valence-electron chi connectivity index (χ2n) is 3.61. The molecular formula is C10H11F2N. The third kappa shape index (κ3) is 1.33. The van der Waals surface area contributed by atoms with Crippen LogP contribution in [0.2, 0.25) is 0 Å². The second-order valence-corrected chi connectivity index (χ2v) is 3.61. The first-order valence-electron chi connectivity index (χ1n) is 4.33. The minimum Gasteiger partial charge on any atom is -0.330 e. The molecule has 1 aliphatic carbocycles. The highest BCUT2D eigenvalue weighted by molar-refractivity contribution is 5.33. The van der Waals surface area contributed by atoms with E-state index >= 15 is 0 Å². The summed E-state index contributed by atoms with van der Waals surface area (Å²) in [4.78, 5) is 0. The van der Waals surface area contributed by atoms with Gasteiger partial charge in [-0.1, -0.05) is 0 Å². The minimum atomic E-state index is -0.392. The maximum Gasteiger partial charge on any atom is 0.127 e. The highest BCUT2D eigenvalue weighted by atomic mass is 19.1. The van der Waals surface area contributed by atoms with Crippen LogP contribution in [0.3, 0.4) is 0 Å². The molecule has 0 aromatic heterocycles. The molecule has 1 aromatic carbocycles. The molecule has 0 atom stereocenters. The largest absolute Gasteiger partial charge is 0.330 e. The zero-order valence-corrected chi connectivity index (χ0v) is 7.19. The Balaban J connectivity index is 2.44. The van der Waals surface area contributed by atoms with Crippen molar-refractivity contribution in [3.05, 3.63) is 35.4 Å². The first kappa shape index (κ1) is 8.63. The van der Waals surface area contributed by atoms with Crippen molar-refractivity contribution in [2.45, 2.75) is 18.3 Å². The molecular weight excluding hydrogens is 172 g/mol. The predicted octanol–water partition coefficient (Wildman–Crippen LogP) is 1.96. The van der Waals surface area contributed by atoms with E-state index in [1.807, 2.05) is 0 Å². The summed E-state index contributed by atoms with van der Waals surface area (Å²) in [5, 5.41) is 0. The predicted molar refractivity (Wildman–Crippen MR) is 46.3 cm³/mol. The van der Waals surface area contributed by atoms with Gasteiger partial charge in [-0.05, 0) is 36.6 Å². The summed E-state index contributed by atoms with van der Waals surface area (Å²) in [6.07, 6.45) is 1.73. The normalized spacial score (nSPS) is 18.7. The first-order valence-corrected chi connectivity index (χ1v) is 4.33. The van der Waals surface area contributed by atoms with Gasteiger partial charge in [0.15, 0.2) is 0 Å². The molecule has 13 heavy (non-hydrogen) atoms. The van der Waals surface area contributed by atoms with E-state index in [9.17, 15) is 8.78 Å². The number of rotatable bonds is 2. The maximum atomic E-state index is 13.3. The smallest absolute Gasteiger partial charge is 0.127 e. The quantitative estimate of drug-likeness (QED) is 0.745. The zero-order chi connectivity index (χ0) is 9.47. The van der Waals surface area contributed by atoms with Crippen molar-refractivity contribution in [1.29, 1.82) is 0 Å². The molecule has 0 spiro atoms. The molecule has 1 aromatic rings. The highest BCUT2D eigenvalue weighted by Gasteiger charge is 2.44. The van der Waals surface area contributed by atoms with E-state index in [1.165, 1.54) is 12.1 Å². The molecule has 70 valence electrons. The lowest BCUT2D eigenvalue weighted by atomic mass is 9.95. The van der Waals surface area contributed by atoms with E-state index in [4.69, 9.17) is 5.73 Å². The van der Waals surface area contributed by atoms with Crippen LogP contribution in [0.1, 0.15) is 18.4 Å². The third-order valence-electron chi connectivity index (χ3n) is 2.74. The Morgan fingerprint density at radius 2 is 2.00 bits per heavy atom. The van der Waals surface area contributed by atoms with E-state index < -0.39 is 5.82 Å². The molecule has 0 unspecified atom stereocenters. The van der Waals surface area contributed by atoms with Crippen molar-refractivity contribution in [3.63, 3.8) is 0 Å². The summed E-state index contributed by atoms with van der Waals surface area (Å²) in [5.74, 6) is -0.736. The van der Waals surface area contributed by atoms with Crippen molar-refractivity contribution in [2.75, 3.05) is 6.54 Å². The molecule has 1 nitrogen and oxygen atoms in total. The summed E-state index contributed by atoms with van der Waals surface area (Å²) in [6, 6.07) is 3.56. The van der Waals surface area contributed by atoms with Gasteiger partial charge in [0.05, 0.1) is 0 Å². The van der Waals surface area contributed by atoms with Crippen molar-refractivity contribution < 1.29 is 8.78 Å². The number of nitrogens with two attached hydrogens (primary N) is 1.